The van der Waals surface area contributed by atoms with Crippen LogP contribution < -0.4 is 5.32 Å². The van der Waals surface area contributed by atoms with Gasteiger partial charge >= 0.3 is 0 Å². The number of pyridine rings is 1. The Balaban J connectivity index is 1.57. The fourth-order valence-corrected chi connectivity index (χ4v) is 3.70. The highest BCUT2D eigenvalue weighted by atomic mass is 19.1. The van der Waals surface area contributed by atoms with Gasteiger partial charge in [-0.2, -0.15) is 10.2 Å². The van der Waals surface area contributed by atoms with Crippen LogP contribution >= 0.6 is 0 Å². The molecule has 148 valence electrons. The monoisotopic (exact) mass is 394 g/mol. The molecule has 5 rings (SSSR count). The summed E-state index contributed by atoms with van der Waals surface area (Å²) >= 11 is 0. The Morgan fingerprint density at radius 3 is 2.62 bits per heavy atom. The number of fused-ring (bicyclic) bond motifs is 1. The van der Waals surface area contributed by atoms with Gasteiger partial charge in [0, 0.05) is 30.2 Å². The first-order chi connectivity index (χ1) is 14.1. The van der Waals surface area contributed by atoms with Crippen LogP contribution in [-0.4, -0.2) is 38.1 Å². The van der Waals surface area contributed by atoms with E-state index in [1.807, 2.05) is 17.8 Å². The molecule has 29 heavy (non-hydrogen) atoms. The van der Waals surface area contributed by atoms with Crippen molar-refractivity contribution in [1.29, 1.82) is 0 Å². The number of aryl methyl sites for hydroxylation is 1. The molecule has 8 heteroatoms. The predicted octanol–water partition coefficient (Wildman–Crippen LogP) is 3.86. The Bertz CT molecular complexity index is 1170. The molecular formula is C21H20F2N6. The number of aromatic nitrogens is 5. The van der Waals surface area contributed by atoms with Crippen LogP contribution in [0.15, 0.2) is 36.8 Å². The van der Waals surface area contributed by atoms with Crippen molar-refractivity contribution in [3.63, 3.8) is 0 Å². The first-order valence-corrected chi connectivity index (χ1v) is 9.71. The Morgan fingerprint density at radius 2 is 1.93 bits per heavy atom. The van der Waals surface area contributed by atoms with E-state index in [1.54, 1.807) is 18.5 Å². The van der Waals surface area contributed by atoms with Gasteiger partial charge in [-0.25, -0.2) is 8.78 Å². The second kappa shape index (κ2) is 7.04. The van der Waals surface area contributed by atoms with Crippen LogP contribution in [0.2, 0.25) is 0 Å². The third kappa shape index (κ3) is 3.09. The zero-order valence-electron chi connectivity index (χ0n) is 15.9. The van der Waals surface area contributed by atoms with Crippen molar-refractivity contribution in [1.82, 2.24) is 30.3 Å². The minimum Gasteiger partial charge on any atom is -0.312 e. The fourth-order valence-electron chi connectivity index (χ4n) is 3.70. The highest BCUT2D eigenvalue weighted by Gasteiger charge is 2.21. The molecule has 3 aromatic heterocycles. The van der Waals surface area contributed by atoms with E-state index in [0.717, 1.165) is 30.5 Å². The second-order valence-corrected chi connectivity index (χ2v) is 7.39. The van der Waals surface area contributed by atoms with Crippen LogP contribution in [0.3, 0.4) is 0 Å². The Morgan fingerprint density at radius 1 is 1.14 bits per heavy atom. The molecule has 6 nitrogen and oxygen atoms in total. The maximum absolute atomic E-state index is 14.7. The van der Waals surface area contributed by atoms with Crippen LogP contribution in [0.4, 0.5) is 8.78 Å². The standard InChI is InChI=1S/C21H20F2N6/c1-2-3-12-4-16(22)20(17(23)5-12)18-6-15-19(10-25-18)27-28-21(15)13-7-26-29(11-13)14-8-24-9-14/h4-7,10-11,14,24H,2-3,8-9H2,1H3,(H,27,28). The molecule has 1 fully saturated rings. The van der Waals surface area contributed by atoms with E-state index >= 15 is 0 Å². The molecule has 0 saturated carbocycles. The molecule has 1 aromatic carbocycles. The van der Waals surface area contributed by atoms with Crippen LogP contribution in [0.5, 0.6) is 0 Å². The van der Waals surface area contributed by atoms with Gasteiger partial charge in [0.25, 0.3) is 0 Å². The normalized spacial score (nSPS) is 14.4. The Labute approximate surface area is 166 Å². The smallest absolute Gasteiger partial charge is 0.135 e. The van der Waals surface area contributed by atoms with Crippen LogP contribution in [0.1, 0.15) is 24.9 Å². The molecule has 0 amide bonds. The summed E-state index contributed by atoms with van der Waals surface area (Å²) in [5.41, 5.74) is 3.01. The minimum absolute atomic E-state index is 0.116. The topological polar surface area (TPSA) is 71.4 Å². The van der Waals surface area contributed by atoms with Crippen molar-refractivity contribution in [2.24, 2.45) is 0 Å². The first-order valence-electron chi connectivity index (χ1n) is 9.71. The van der Waals surface area contributed by atoms with Gasteiger partial charge in [-0.05, 0) is 30.2 Å². The molecule has 0 aliphatic carbocycles. The van der Waals surface area contributed by atoms with Gasteiger partial charge in [0.1, 0.15) is 17.3 Å². The fraction of sp³-hybridized carbons (Fsp3) is 0.286. The lowest BCUT2D eigenvalue weighted by Crippen LogP contribution is -2.43. The number of H-pyrrole nitrogens is 1. The summed E-state index contributed by atoms with van der Waals surface area (Å²) in [4.78, 5) is 4.26. The van der Waals surface area contributed by atoms with Gasteiger partial charge in [-0.3, -0.25) is 14.8 Å². The number of nitrogens with one attached hydrogen (secondary N) is 2. The van der Waals surface area contributed by atoms with Crippen molar-refractivity contribution >= 4 is 10.9 Å². The van der Waals surface area contributed by atoms with Gasteiger partial charge < -0.3 is 5.32 Å². The third-order valence-corrected chi connectivity index (χ3v) is 5.35. The lowest BCUT2D eigenvalue weighted by atomic mass is 10.0. The number of hydrogen-bond acceptors (Lipinski definition) is 4. The van der Waals surface area contributed by atoms with Crippen molar-refractivity contribution in [2.75, 3.05) is 13.1 Å². The summed E-state index contributed by atoms with van der Waals surface area (Å²) in [5.74, 6) is -1.20. The van der Waals surface area contributed by atoms with Crippen molar-refractivity contribution < 1.29 is 8.78 Å². The van der Waals surface area contributed by atoms with Gasteiger partial charge in [-0.1, -0.05) is 13.3 Å². The Kier molecular flexibility index (Phi) is 4.35. The molecule has 4 heterocycles. The van der Waals surface area contributed by atoms with Gasteiger partial charge in [0.05, 0.1) is 35.2 Å². The SMILES string of the molecule is CCCc1cc(F)c(-c2cc3c(-c4cnn(C5CNC5)c4)n[nH]c3cn2)c(F)c1. The maximum Gasteiger partial charge on any atom is 0.135 e. The number of halogens is 2. The molecule has 2 N–H and O–H groups in total. The van der Waals surface area contributed by atoms with Crippen molar-refractivity contribution in [3.05, 3.63) is 54.0 Å². The van der Waals surface area contributed by atoms with E-state index in [-0.39, 0.29) is 11.3 Å². The number of aromatic amines is 1. The van der Waals surface area contributed by atoms with E-state index in [4.69, 9.17) is 0 Å². The van der Waals surface area contributed by atoms with Crippen molar-refractivity contribution in [3.8, 4) is 22.5 Å². The quantitative estimate of drug-likeness (QED) is 0.539. The van der Waals surface area contributed by atoms with E-state index in [1.165, 1.54) is 12.1 Å². The summed E-state index contributed by atoms with van der Waals surface area (Å²) in [6.07, 6.45) is 6.72. The molecule has 0 bridgehead atoms. The van der Waals surface area contributed by atoms with E-state index in [0.29, 0.717) is 29.2 Å². The molecule has 0 spiro atoms. The molecule has 0 unspecified atom stereocenters. The predicted molar refractivity (Wildman–Crippen MR) is 106 cm³/mol. The van der Waals surface area contributed by atoms with Gasteiger partial charge in [0.15, 0.2) is 0 Å². The highest BCUT2D eigenvalue weighted by Crippen LogP contribution is 2.32. The lowest BCUT2D eigenvalue weighted by molar-refractivity contribution is 0.318. The molecule has 1 aliphatic heterocycles. The summed E-state index contributed by atoms with van der Waals surface area (Å²) in [7, 11) is 0. The third-order valence-electron chi connectivity index (χ3n) is 5.35. The summed E-state index contributed by atoms with van der Waals surface area (Å²) in [6.45, 7) is 3.76. The largest absolute Gasteiger partial charge is 0.312 e. The van der Waals surface area contributed by atoms with Gasteiger partial charge in [-0.15, -0.1) is 0 Å². The molecule has 0 atom stereocenters. The summed E-state index contributed by atoms with van der Waals surface area (Å²) in [6, 6.07) is 4.80. The average molecular weight is 394 g/mol. The number of rotatable bonds is 5. The summed E-state index contributed by atoms with van der Waals surface area (Å²) in [5, 5.41) is 15.7. The first kappa shape index (κ1) is 17.9. The number of hydrogen-bond donors (Lipinski definition) is 2. The van der Waals surface area contributed by atoms with E-state index in [9.17, 15) is 8.78 Å². The molecular weight excluding hydrogens is 374 g/mol. The summed E-state index contributed by atoms with van der Waals surface area (Å²) < 4.78 is 31.3. The molecule has 1 aliphatic rings. The van der Waals surface area contributed by atoms with Crippen LogP contribution in [0.25, 0.3) is 33.4 Å². The minimum atomic E-state index is -0.601. The zero-order valence-corrected chi connectivity index (χ0v) is 15.9. The van der Waals surface area contributed by atoms with Crippen LogP contribution in [-0.2, 0) is 6.42 Å². The molecule has 4 aromatic rings. The van der Waals surface area contributed by atoms with Crippen LogP contribution in [0, 0.1) is 11.6 Å². The average Bonchev–Trinajstić information content (AvgIpc) is 3.26. The highest BCUT2D eigenvalue weighted by molar-refractivity contribution is 5.94. The molecule has 0 radical (unpaired) electrons. The number of nitrogens with zero attached hydrogens (tertiary/aromatic N) is 4. The molecule has 1 saturated heterocycles. The van der Waals surface area contributed by atoms with E-state index in [2.05, 4.69) is 25.6 Å². The van der Waals surface area contributed by atoms with Gasteiger partial charge in [0.2, 0.25) is 0 Å². The second-order valence-electron chi connectivity index (χ2n) is 7.39. The maximum atomic E-state index is 14.7. The van der Waals surface area contributed by atoms with Crippen molar-refractivity contribution in [2.45, 2.75) is 25.8 Å². The van der Waals surface area contributed by atoms with E-state index < -0.39 is 11.6 Å². The number of benzene rings is 1. The Hall–Kier alpha value is -3.13. The zero-order chi connectivity index (χ0) is 20.0. The lowest BCUT2D eigenvalue weighted by Gasteiger charge is -2.27.